The van der Waals surface area contributed by atoms with Gasteiger partial charge in [-0.2, -0.15) is 0 Å². The first-order valence-corrected chi connectivity index (χ1v) is 8.47. The average Bonchev–Trinajstić information content (AvgIpc) is 3.11. The minimum atomic E-state index is 0.559. The topological polar surface area (TPSA) is 53.1 Å². The summed E-state index contributed by atoms with van der Waals surface area (Å²) in [6.07, 6.45) is 6.41. The first-order chi connectivity index (χ1) is 10.3. The van der Waals surface area contributed by atoms with E-state index < -0.39 is 0 Å². The molecule has 1 saturated carbocycles. The SMILES string of the molecule is CCNc1cc(NC2CCN3CCCC23)nc(C2CC2)n1. The zero-order valence-electron chi connectivity index (χ0n) is 12.8. The van der Waals surface area contributed by atoms with Crippen molar-refractivity contribution in [2.45, 2.75) is 57.0 Å². The highest BCUT2D eigenvalue weighted by Gasteiger charge is 2.37. The van der Waals surface area contributed by atoms with E-state index in [1.807, 2.05) is 0 Å². The van der Waals surface area contributed by atoms with Crippen molar-refractivity contribution in [3.8, 4) is 0 Å². The first kappa shape index (κ1) is 13.3. The molecule has 3 aliphatic rings. The van der Waals surface area contributed by atoms with Gasteiger partial charge in [0.15, 0.2) is 0 Å². The largest absolute Gasteiger partial charge is 0.370 e. The second-order valence-electron chi connectivity index (χ2n) is 6.59. The number of fused-ring (bicyclic) bond motifs is 1. The molecule has 5 nitrogen and oxygen atoms in total. The zero-order chi connectivity index (χ0) is 14.2. The summed E-state index contributed by atoms with van der Waals surface area (Å²) in [5.41, 5.74) is 0. The number of aromatic nitrogens is 2. The molecule has 3 fully saturated rings. The lowest BCUT2D eigenvalue weighted by Gasteiger charge is -2.22. The fraction of sp³-hybridized carbons (Fsp3) is 0.750. The molecule has 4 rings (SSSR count). The van der Waals surface area contributed by atoms with Crippen LogP contribution in [0, 0.1) is 0 Å². The Morgan fingerprint density at radius 3 is 2.81 bits per heavy atom. The third kappa shape index (κ3) is 2.71. The van der Waals surface area contributed by atoms with Gasteiger partial charge in [0, 0.05) is 37.2 Å². The lowest BCUT2D eigenvalue weighted by atomic mass is 10.1. The highest BCUT2D eigenvalue weighted by molar-refractivity contribution is 5.49. The number of hydrogen-bond donors (Lipinski definition) is 2. The molecule has 0 amide bonds. The average molecular weight is 287 g/mol. The van der Waals surface area contributed by atoms with E-state index in [0.29, 0.717) is 18.0 Å². The van der Waals surface area contributed by atoms with Crippen LogP contribution in [0.4, 0.5) is 11.6 Å². The molecule has 2 saturated heterocycles. The molecule has 21 heavy (non-hydrogen) atoms. The van der Waals surface area contributed by atoms with Gasteiger partial charge in [0.25, 0.3) is 0 Å². The van der Waals surface area contributed by atoms with Crippen molar-refractivity contribution in [1.29, 1.82) is 0 Å². The molecule has 2 atom stereocenters. The zero-order valence-corrected chi connectivity index (χ0v) is 12.8. The van der Waals surface area contributed by atoms with Crippen LogP contribution in [0.5, 0.6) is 0 Å². The Kier molecular flexibility index (Phi) is 3.45. The summed E-state index contributed by atoms with van der Waals surface area (Å²) in [6.45, 7) is 5.53. The van der Waals surface area contributed by atoms with Crippen LogP contribution in [0.25, 0.3) is 0 Å². The molecule has 0 bridgehead atoms. The number of nitrogens with zero attached hydrogens (tertiary/aromatic N) is 3. The van der Waals surface area contributed by atoms with E-state index >= 15 is 0 Å². The Morgan fingerprint density at radius 1 is 1.14 bits per heavy atom. The predicted molar refractivity (Wildman–Crippen MR) is 84.8 cm³/mol. The Hall–Kier alpha value is -1.36. The maximum absolute atomic E-state index is 4.77. The van der Waals surface area contributed by atoms with Crippen LogP contribution in [0.1, 0.15) is 50.8 Å². The summed E-state index contributed by atoms with van der Waals surface area (Å²) < 4.78 is 0. The number of anilines is 2. The normalized spacial score (nSPS) is 28.6. The van der Waals surface area contributed by atoms with Crippen molar-refractivity contribution in [3.05, 3.63) is 11.9 Å². The quantitative estimate of drug-likeness (QED) is 0.871. The highest BCUT2D eigenvalue weighted by Crippen LogP contribution is 2.39. The summed E-state index contributed by atoms with van der Waals surface area (Å²) in [6, 6.07) is 3.35. The smallest absolute Gasteiger partial charge is 0.136 e. The molecule has 2 unspecified atom stereocenters. The van der Waals surface area contributed by atoms with Crippen molar-refractivity contribution < 1.29 is 0 Å². The minimum absolute atomic E-state index is 0.559. The van der Waals surface area contributed by atoms with E-state index in [2.05, 4.69) is 33.5 Å². The molecule has 1 aliphatic carbocycles. The van der Waals surface area contributed by atoms with E-state index in [-0.39, 0.29) is 0 Å². The Bertz CT molecular complexity index is 513. The van der Waals surface area contributed by atoms with E-state index in [0.717, 1.165) is 24.0 Å². The summed E-state index contributed by atoms with van der Waals surface area (Å²) in [5.74, 6) is 3.60. The van der Waals surface area contributed by atoms with Gasteiger partial charge in [0.2, 0.25) is 0 Å². The maximum atomic E-state index is 4.77. The Morgan fingerprint density at radius 2 is 2.00 bits per heavy atom. The number of hydrogen-bond acceptors (Lipinski definition) is 5. The van der Waals surface area contributed by atoms with Crippen LogP contribution < -0.4 is 10.6 Å². The molecule has 3 heterocycles. The third-order valence-corrected chi connectivity index (χ3v) is 4.98. The summed E-state index contributed by atoms with van der Waals surface area (Å²) in [5, 5.41) is 7.04. The first-order valence-electron chi connectivity index (χ1n) is 8.47. The molecular formula is C16H25N5. The molecular weight excluding hydrogens is 262 g/mol. The molecule has 1 aromatic heterocycles. The maximum Gasteiger partial charge on any atom is 0.136 e. The summed E-state index contributed by atoms with van der Waals surface area (Å²) in [4.78, 5) is 12.1. The van der Waals surface area contributed by atoms with Crippen molar-refractivity contribution in [2.24, 2.45) is 0 Å². The lowest BCUT2D eigenvalue weighted by molar-refractivity contribution is 0.318. The fourth-order valence-electron chi connectivity index (χ4n) is 3.78. The second kappa shape index (κ2) is 5.44. The third-order valence-electron chi connectivity index (χ3n) is 4.98. The van der Waals surface area contributed by atoms with Crippen LogP contribution in [0.15, 0.2) is 6.07 Å². The standard InChI is InChI=1S/C16H25N5/c1-2-17-14-10-15(20-16(19-14)11-5-6-11)18-12-7-9-21-8-3-4-13(12)21/h10-13H,2-9H2,1H3,(H2,17,18,19,20). The van der Waals surface area contributed by atoms with Crippen molar-refractivity contribution in [3.63, 3.8) is 0 Å². The van der Waals surface area contributed by atoms with Gasteiger partial charge in [-0.1, -0.05) is 0 Å². The molecule has 5 heteroatoms. The second-order valence-corrected chi connectivity index (χ2v) is 6.59. The van der Waals surface area contributed by atoms with E-state index in [4.69, 9.17) is 4.98 Å². The molecule has 2 N–H and O–H groups in total. The highest BCUT2D eigenvalue weighted by atomic mass is 15.2. The van der Waals surface area contributed by atoms with Crippen LogP contribution in [0.2, 0.25) is 0 Å². The van der Waals surface area contributed by atoms with E-state index in [9.17, 15) is 0 Å². The summed E-state index contributed by atoms with van der Waals surface area (Å²) in [7, 11) is 0. The summed E-state index contributed by atoms with van der Waals surface area (Å²) >= 11 is 0. The van der Waals surface area contributed by atoms with Gasteiger partial charge in [0.05, 0.1) is 0 Å². The predicted octanol–water partition coefficient (Wildman–Crippen LogP) is 2.43. The molecule has 1 aromatic rings. The molecule has 0 aromatic carbocycles. The van der Waals surface area contributed by atoms with Gasteiger partial charge < -0.3 is 10.6 Å². The van der Waals surface area contributed by atoms with Crippen LogP contribution in [-0.2, 0) is 0 Å². The van der Waals surface area contributed by atoms with E-state index in [1.54, 1.807) is 0 Å². The minimum Gasteiger partial charge on any atom is -0.370 e. The van der Waals surface area contributed by atoms with Gasteiger partial charge in [-0.3, -0.25) is 4.90 Å². The molecule has 0 radical (unpaired) electrons. The van der Waals surface area contributed by atoms with Crippen LogP contribution in [0.3, 0.4) is 0 Å². The van der Waals surface area contributed by atoms with Crippen molar-refractivity contribution in [2.75, 3.05) is 30.3 Å². The van der Waals surface area contributed by atoms with Crippen LogP contribution in [-0.4, -0.2) is 46.6 Å². The lowest BCUT2D eigenvalue weighted by Crippen LogP contribution is -2.34. The number of nitrogens with one attached hydrogen (secondary N) is 2. The van der Waals surface area contributed by atoms with Gasteiger partial charge in [-0.15, -0.1) is 0 Å². The van der Waals surface area contributed by atoms with E-state index in [1.165, 1.54) is 45.2 Å². The van der Waals surface area contributed by atoms with Crippen molar-refractivity contribution in [1.82, 2.24) is 14.9 Å². The Labute approximate surface area is 126 Å². The molecule has 0 spiro atoms. The van der Waals surface area contributed by atoms with Crippen LogP contribution >= 0.6 is 0 Å². The molecule has 2 aliphatic heterocycles. The monoisotopic (exact) mass is 287 g/mol. The van der Waals surface area contributed by atoms with Gasteiger partial charge >= 0.3 is 0 Å². The number of rotatable bonds is 5. The van der Waals surface area contributed by atoms with Gasteiger partial charge in [0.1, 0.15) is 17.5 Å². The Balaban J connectivity index is 1.53. The fourth-order valence-corrected chi connectivity index (χ4v) is 3.78. The van der Waals surface area contributed by atoms with Gasteiger partial charge in [-0.25, -0.2) is 9.97 Å². The van der Waals surface area contributed by atoms with Crippen molar-refractivity contribution >= 4 is 11.6 Å². The molecule has 114 valence electrons. The van der Waals surface area contributed by atoms with Gasteiger partial charge in [-0.05, 0) is 45.6 Å².